The van der Waals surface area contributed by atoms with Gasteiger partial charge in [0, 0.05) is 35.7 Å². The molecule has 1 aliphatic rings. The second kappa shape index (κ2) is 10.2. The van der Waals surface area contributed by atoms with Crippen molar-refractivity contribution in [3.63, 3.8) is 0 Å². The number of anilines is 1. The van der Waals surface area contributed by atoms with Crippen LogP contribution in [-0.4, -0.2) is 30.7 Å². The van der Waals surface area contributed by atoms with Gasteiger partial charge in [-0.3, -0.25) is 9.59 Å². The second-order valence-corrected chi connectivity index (χ2v) is 8.00. The normalized spacial score (nSPS) is 12.8. The topological polar surface area (TPSA) is 67.4 Å². The predicted molar refractivity (Wildman–Crippen MR) is 113 cm³/mol. The van der Waals surface area contributed by atoms with E-state index in [2.05, 4.69) is 41.8 Å². The number of carbonyl (C=O) groups excluding carboxylic acids is 2. The molecule has 5 nitrogen and oxygen atoms in total. The van der Waals surface area contributed by atoms with Crippen LogP contribution < -0.4 is 15.4 Å². The van der Waals surface area contributed by atoms with E-state index in [1.807, 2.05) is 18.2 Å². The maximum Gasteiger partial charge on any atom is 0.224 e. The van der Waals surface area contributed by atoms with E-state index >= 15 is 0 Å². The number of hydrogen-bond acceptors (Lipinski definition) is 4. The number of rotatable bonds is 9. The lowest BCUT2D eigenvalue weighted by Gasteiger charge is -2.17. The number of fused-ring (bicyclic) bond motifs is 1. The van der Waals surface area contributed by atoms with Gasteiger partial charge in [0.1, 0.15) is 5.75 Å². The summed E-state index contributed by atoms with van der Waals surface area (Å²) in [6.07, 6.45) is 2.38. The van der Waals surface area contributed by atoms with Gasteiger partial charge < -0.3 is 15.4 Å². The van der Waals surface area contributed by atoms with Crippen molar-refractivity contribution in [3.05, 3.63) is 53.6 Å². The molecule has 0 spiro atoms. The van der Waals surface area contributed by atoms with Crippen molar-refractivity contribution in [2.24, 2.45) is 0 Å². The van der Waals surface area contributed by atoms with Crippen molar-refractivity contribution in [3.8, 4) is 5.75 Å². The Morgan fingerprint density at radius 3 is 2.82 bits per heavy atom. The highest BCUT2D eigenvalue weighted by molar-refractivity contribution is 7.99. The Bertz CT molecular complexity index is 821. The van der Waals surface area contributed by atoms with Crippen molar-refractivity contribution in [1.82, 2.24) is 5.32 Å². The summed E-state index contributed by atoms with van der Waals surface area (Å²) in [4.78, 5) is 24.5. The Morgan fingerprint density at radius 2 is 2.00 bits per heavy atom. The molecule has 3 rings (SSSR count). The SMILES string of the molecule is Cc1ccc(SCCNC(=O)CCCOc2ccc3c(c2)CCC(=O)N3)cc1. The first-order valence-corrected chi connectivity index (χ1v) is 10.6. The van der Waals surface area contributed by atoms with Gasteiger partial charge >= 0.3 is 0 Å². The van der Waals surface area contributed by atoms with Crippen molar-refractivity contribution in [1.29, 1.82) is 0 Å². The summed E-state index contributed by atoms with van der Waals surface area (Å²) in [5, 5.41) is 5.81. The molecule has 0 bridgehead atoms. The first-order valence-electron chi connectivity index (χ1n) is 9.62. The molecule has 0 atom stereocenters. The van der Waals surface area contributed by atoms with Crippen molar-refractivity contribution in [2.45, 2.75) is 37.5 Å². The average Bonchev–Trinajstić information content (AvgIpc) is 2.70. The molecule has 1 aliphatic heterocycles. The molecule has 0 aliphatic carbocycles. The van der Waals surface area contributed by atoms with Gasteiger partial charge in [0.2, 0.25) is 11.8 Å². The molecule has 28 heavy (non-hydrogen) atoms. The predicted octanol–water partition coefficient (Wildman–Crippen LogP) is 3.95. The summed E-state index contributed by atoms with van der Waals surface area (Å²) in [5.74, 6) is 1.76. The number of hydrogen-bond donors (Lipinski definition) is 2. The van der Waals surface area contributed by atoms with E-state index in [4.69, 9.17) is 4.74 Å². The largest absolute Gasteiger partial charge is 0.494 e. The number of benzene rings is 2. The molecule has 0 saturated heterocycles. The molecule has 0 fully saturated rings. The Morgan fingerprint density at radius 1 is 1.18 bits per heavy atom. The maximum atomic E-state index is 11.9. The summed E-state index contributed by atoms with van der Waals surface area (Å²) in [5.41, 5.74) is 3.22. The minimum Gasteiger partial charge on any atom is -0.494 e. The summed E-state index contributed by atoms with van der Waals surface area (Å²) >= 11 is 1.74. The Hall–Kier alpha value is -2.47. The third-order valence-corrected chi connectivity index (χ3v) is 5.52. The zero-order valence-electron chi connectivity index (χ0n) is 16.1. The fourth-order valence-electron chi connectivity index (χ4n) is 2.95. The van der Waals surface area contributed by atoms with E-state index in [1.165, 1.54) is 10.5 Å². The summed E-state index contributed by atoms with van der Waals surface area (Å²) in [7, 11) is 0. The quantitative estimate of drug-likeness (QED) is 0.496. The van der Waals surface area contributed by atoms with Crippen molar-refractivity contribution in [2.75, 3.05) is 24.2 Å². The third kappa shape index (κ3) is 6.30. The highest BCUT2D eigenvalue weighted by Crippen LogP contribution is 2.26. The number of carbonyl (C=O) groups is 2. The minimum absolute atomic E-state index is 0.0567. The first-order chi connectivity index (χ1) is 13.6. The van der Waals surface area contributed by atoms with Crippen LogP contribution in [0.5, 0.6) is 5.75 Å². The van der Waals surface area contributed by atoms with Crippen LogP contribution in [0, 0.1) is 6.92 Å². The van der Waals surface area contributed by atoms with Gasteiger partial charge in [0.25, 0.3) is 0 Å². The molecule has 6 heteroatoms. The van der Waals surface area contributed by atoms with Gasteiger partial charge in [-0.2, -0.15) is 0 Å². The highest BCUT2D eigenvalue weighted by atomic mass is 32.2. The molecule has 148 valence electrons. The first kappa shape index (κ1) is 20.3. The maximum absolute atomic E-state index is 11.9. The van der Waals surface area contributed by atoms with E-state index < -0.39 is 0 Å². The highest BCUT2D eigenvalue weighted by Gasteiger charge is 2.15. The number of nitrogens with one attached hydrogen (secondary N) is 2. The van der Waals surface area contributed by atoms with E-state index in [1.54, 1.807) is 11.8 Å². The van der Waals surface area contributed by atoms with Gasteiger partial charge in [-0.1, -0.05) is 17.7 Å². The molecule has 2 amide bonds. The number of aryl methyl sites for hydroxylation is 2. The smallest absolute Gasteiger partial charge is 0.224 e. The summed E-state index contributed by atoms with van der Waals surface area (Å²) in [6, 6.07) is 14.1. The molecule has 2 aromatic carbocycles. The fraction of sp³-hybridized carbons (Fsp3) is 0.364. The summed E-state index contributed by atoms with van der Waals surface area (Å²) < 4.78 is 5.75. The Kier molecular flexibility index (Phi) is 7.37. The van der Waals surface area contributed by atoms with Gasteiger partial charge in [-0.05, 0) is 55.7 Å². The van der Waals surface area contributed by atoms with Crippen LogP contribution in [-0.2, 0) is 16.0 Å². The van der Waals surface area contributed by atoms with E-state index in [-0.39, 0.29) is 11.8 Å². The standard InChI is InChI=1S/C22H26N2O3S/c1-16-4-8-19(9-5-16)28-14-12-23-21(25)3-2-13-27-18-7-10-20-17(15-18)6-11-22(26)24-20/h4-5,7-10,15H,2-3,6,11-14H2,1H3,(H,23,25)(H,24,26). The lowest BCUT2D eigenvalue weighted by molar-refractivity contribution is -0.121. The van der Waals surface area contributed by atoms with Gasteiger partial charge in [-0.25, -0.2) is 0 Å². The molecule has 2 aromatic rings. The zero-order valence-corrected chi connectivity index (χ0v) is 16.9. The molecule has 2 N–H and O–H groups in total. The summed E-state index contributed by atoms with van der Waals surface area (Å²) in [6.45, 7) is 3.23. The van der Waals surface area contributed by atoms with E-state index in [0.29, 0.717) is 32.4 Å². The van der Waals surface area contributed by atoms with E-state index in [9.17, 15) is 9.59 Å². The van der Waals surface area contributed by atoms with Crippen molar-refractivity contribution >= 4 is 29.3 Å². The molecular formula is C22H26N2O3S. The number of ether oxygens (including phenoxy) is 1. The zero-order chi connectivity index (χ0) is 19.8. The molecule has 0 unspecified atom stereocenters. The van der Waals surface area contributed by atoms with Crippen LogP contribution in [0.3, 0.4) is 0 Å². The average molecular weight is 399 g/mol. The lowest BCUT2D eigenvalue weighted by Crippen LogP contribution is -2.25. The van der Waals surface area contributed by atoms with E-state index in [0.717, 1.165) is 29.2 Å². The Balaban J connectivity index is 1.28. The van der Waals surface area contributed by atoms with Crippen molar-refractivity contribution < 1.29 is 14.3 Å². The number of amides is 2. The Labute approximate surface area is 170 Å². The third-order valence-electron chi connectivity index (χ3n) is 4.50. The van der Waals surface area contributed by atoms with Crippen LogP contribution in [0.2, 0.25) is 0 Å². The fourth-order valence-corrected chi connectivity index (χ4v) is 3.72. The van der Waals surface area contributed by atoms with Crippen LogP contribution >= 0.6 is 11.8 Å². The molecule has 0 radical (unpaired) electrons. The minimum atomic E-state index is 0.0567. The molecule has 0 aromatic heterocycles. The molecule has 1 heterocycles. The van der Waals surface area contributed by atoms with Gasteiger partial charge in [0.15, 0.2) is 0 Å². The second-order valence-electron chi connectivity index (χ2n) is 6.83. The van der Waals surface area contributed by atoms with Crippen LogP contribution in [0.1, 0.15) is 30.4 Å². The van der Waals surface area contributed by atoms with Gasteiger partial charge in [-0.15, -0.1) is 11.8 Å². The van der Waals surface area contributed by atoms with Gasteiger partial charge in [0.05, 0.1) is 6.61 Å². The lowest BCUT2D eigenvalue weighted by atomic mass is 10.0. The van der Waals surface area contributed by atoms with Crippen LogP contribution in [0.25, 0.3) is 0 Å². The van der Waals surface area contributed by atoms with Crippen LogP contribution in [0.4, 0.5) is 5.69 Å². The monoisotopic (exact) mass is 398 g/mol. The number of thioether (sulfide) groups is 1. The molecular weight excluding hydrogens is 372 g/mol. The molecule has 0 saturated carbocycles. The van der Waals surface area contributed by atoms with Crippen LogP contribution in [0.15, 0.2) is 47.4 Å².